The van der Waals surface area contributed by atoms with Crippen molar-refractivity contribution in [3.8, 4) is 0 Å². The summed E-state index contributed by atoms with van der Waals surface area (Å²) in [4.78, 5) is 12.0. The molecule has 2 fully saturated rings. The van der Waals surface area contributed by atoms with Crippen LogP contribution in [0.4, 0.5) is 13.2 Å². The van der Waals surface area contributed by atoms with Gasteiger partial charge >= 0.3 is 12.1 Å². The first-order chi connectivity index (χ1) is 7.43. The predicted molar refractivity (Wildman–Crippen MR) is 52.8 cm³/mol. The van der Waals surface area contributed by atoms with Crippen molar-refractivity contribution in [2.24, 2.45) is 5.41 Å². The van der Waals surface area contributed by atoms with Gasteiger partial charge in [0.15, 0.2) is 0 Å². The van der Waals surface area contributed by atoms with Crippen LogP contribution in [-0.4, -0.2) is 30.1 Å². The van der Waals surface area contributed by atoms with Gasteiger partial charge in [0.05, 0.1) is 0 Å². The highest BCUT2D eigenvalue weighted by atomic mass is 19.4. The molecular weight excluding hydrogens is 219 g/mol. The fourth-order valence-electron chi connectivity index (χ4n) is 2.99. The summed E-state index contributed by atoms with van der Waals surface area (Å²) in [5, 5.41) is 0. The zero-order chi connectivity index (χ0) is 11.8. The fourth-order valence-corrected chi connectivity index (χ4v) is 2.99. The lowest BCUT2D eigenvalue weighted by Gasteiger charge is -2.39. The molecule has 0 bridgehead atoms. The van der Waals surface area contributed by atoms with Crippen molar-refractivity contribution in [2.45, 2.75) is 44.7 Å². The minimum absolute atomic E-state index is 0.252. The quantitative estimate of drug-likeness (QED) is 0.632. The number of hydrogen-bond acceptors (Lipinski definition) is 1. The highest BCUT2D eigenvalue weighted by Gasteiger charge is 2.45. The smallest absolute Gasteiger partial charge is 0.335 e. The maximum atomic E-state index is 12.2. The molecule has 0 aromatic carbocycles. The van der Waals surface area contributed by atoms with Crippen molar-refractivity contribution in [1.82, 2.24) is 4.90 Å². The Labute approximate surface area is 92.8 Å². The third-order valence-electron chi connectivity index (χ3n) is 4.02. The van der Waals surface area contributed by atoms with Crippen LogP contribution in [0.5, 0.6) is 0 Å². The lowest BCUT2D eigenvalue weighted by molar-refractivity contribution is -0.187. The van der Waals surface area contributed by atoms with Crippen molar-refractivity contribution < 1.29 is 18.0 Å². The van der Waals surface area contributed by atoms with E-state index in [2.05, 4.69) is 0 Å². The molecule has 0 aromatic heterocycles. The number of carbonyl (C=O) groups excluding carboxylic acids is 1. The third kappa shape index (κ3) is 2.18. The monoisotopic (exact) mass is 235 g/mol. The molecule has 2 aliphatic rings. The number of hydrogen-bond donors (Lipinski definition) is 0. The summed E-state index contributed by atoms with van der Waals surface area (Å²) in [6, 6.07) is 0. The van der Waals surface area contributed by atoms with Gasteiger partial charge in [-0.25, -0.2) is 0 Å². The number of halogens is 3. The summed E-state index contributed by atoms with van der Waals surface area (Å²) in [7, 11) is 0. The highest BCUT2D eigenvalue weighted by molar-refractivity contribution is 5.81. The lowest BCUT2D eigenvalue weighted by atomic mass is 9.77. The van der Waals surface area contributed by atoms with Crippen LogP contribution in [0.25, 0.3) is 0 Å². The SMILES string of the molecule is O=C(N1CCC2(CCCC2)CC1)C(F)(F)F. The molecule has 0 atom stereocenters. The summed E-state index contributed by atoms with van der Waals surface area (Å²) in [6.45, 7) is 0.552. The number of nitrogens with zero attached hydrogens (tertiary/aromatic N) is 1. The van der Waals surface area contributed by atoms with Gasteiger partial charge in [0.2, 0.25) is 0 Å². The zero-order valence-corrected chi connectivity index (χ0v) is 9.15. The third-order valence-corrected chi connectivity index (χ3v) is 4.02. The van der Waals surface area contributed by atoms with Gasteiger partial charge in [-0.05, 0) is 31.1 Å². The molecule has 1 amide bonds. The molecule has 0 unspecified atom stereocenters. The molecule has 0 N–H and O–H groups in total. The molecular formula is C11H16F3NO. The molecule has 16 heavy (non-hydrogen) atoms. The molecule has 5 heteroatoms. The molecule has 2 rings (SSSR count). The Hall–Kier alpha value is -0.740. The molecule has 1 heterocycles. The fraction of sp³-hybridized carbons (Fsp3) is 0.909. The van der Waals surface area contributed by atoms with E-state index in [4.69, 9.17) is 0 Å². The standard InChI is InChI=1S/C11H16F3NO/c12-11(13,14)9(16)15-7-5-10(6-8-15)3-1-2-4-10/h1-8H2. The second kappa shape index (κ2) is 3.93. The van der Waals surface area contributed by atoms with E-state index in [1.165, 1.54) is 12.8 Å². The van der Waals surface area contributed by atoms with Crippen LogP contribution in [0.2, 0.25) is 0 Å². The normalized spacial score (nSPS) is 25.1. The number of amides is 1. The number of likely N-dealkylation sites (tertiary alicyclic amines) is 1. The highest BCUT2D eigenvalue weighted by Crippen LogP contribution is 2.46. The van der Waals surface area contributed by atoms with Crippen LogP contribution in [-0.2, 0) is 4.79 Å². The van der Waals surface area contributed by atoms with Gasteiger partial charge in [-0.1, -0.05) is 12.8 Å². The Kier molecular flexibility index (Phi) is 2.88. The van der Waals surface area contributed by atoms with Gasteiger partial charge in [0.1, 0.15) is 0 Å². The Morgan fingerprint density at radius 1 is 1.00 bits per heavy atom. The number of alkyl halides is 3. The van der Waals surface area contributed by atoms with Crippen LogP contribution >= 0.6 is 0 Å². The second-order valence-corrected chi connectivity index (χ2v) is 5.00. The first-order valence-electron chi connectivity index (χ1n) is 5.79. The van der Waals surface area contributed by atoms with E-state index in [-0.39, 0.29) is 18.5 Å². The molecule has 1 saturated carbocycles. The van der Waals surface area contributed by atoms with E-state index >= 15 is 0 Å². The van der Waals surface area contributed by atoms with Gasteiger partial charge in [-0.3, -0.25) is 4.79 Å². The molecule has 1 saturated heterocycles. The van der Waals surface area contributed by atoms with Crippen molar-refractivity contribution in [3.05, 3.63) is 0 Å². The van der Waals surface area contributed by atoms with Gasteiger partial charge in [0, 0.05) is 13.1 Å². The van der Waals surface area contributed by atoms with E-state index in [1.54, 1.807) is 0 Å². The van der Waals surface area contributed by atoms with Crippen LogP contribution < -0.4 is 0 Å². The predicted octanol–water partition coefficient (Wildman–Crippen LogP) is 2.73. The largest absolute Gasteiger partial charge is 0.471 e. The minimum Gasteiger partial charge on any atom is -0.335 e. The van der Waals surface area contributed by atoms with E-state index in [0.717, 1.165) is 30.6 Å². The van der Waals surface area contributed by atoms with Crippen LogP contribution in [0.3, 0.4) is 0 Å². The molecule has 1 spiro atoms. The number of carbonyl (C=O) groups is 1. The first-order valence-corrected chi connectivity index (χ1v) is 5.79. The summed E-state index contributed by atoms with van der Waals surface area (Å²) in [6.07, 6.45) is 1.41. The van der Waals surface area contributed by atoms with E-state index in [1.807, 2.05) is 0 Å². The van der Waals surface area contributed by atoms with E-state index in [9.17, 15) is 18.0 Å². The maximum Gasteiger partial charge on any atom is 0.471 e. The summed E-state index contributed by atoms with van der Waals surface area (Å²) >= 11 is 0. The van der Waals surface area contributed by atoms with Crippen molar-refractivity contribution in [3.63, 3.8) is 0 Å². The molecule has 0 aromatic rings. The Morgan fingerprint density at radius 3 is 1.94 bits per heavy atom. The number of piperidine rings is 1. The molecule has 1 aliphatic carbocycles. The zero-order valence-electron chi connectivity index (χ0n) is 9.15. The Bertz CT molecular complexity index is 271. The molecule has 92 valence electrons. The first kappa shape index (κ1) is 11.7. The van der Waals surface area contributed by atoms with Gasteiger partial charge in [-0.2, -0.15) is 13.2 Å². The van der Waals surface area contributed by atoms with Gasteiger partial charge in [-0.15, -0.1) is 0 Å². The summed E-state index contributed by atoms with van der Waals surface area (Å²) in [5.41, 5.74) is 0.252. The average molecular weight is 235 g/mol. The Morgan fingerprint density at radius 2 is 1.50 bits per heavy atom. The summed E-state index contributed by atoms with van der Waals surface area (Å²) < 4.78 is 36.6. The van der Waals surface area contributed by atoms with Crippen LogP contribution in [0, 0.1) is 5.41 Å². The average Bonchev–Trinajstić information content (AvgIpc) is 2.66. The molecule has 0 radical (unpaired) electrons. The van der Waals surface area contributed by atoms with Gasteiger partial charge < -0.3 is 4.90 Å². The molecule has 1 aliphatic heterocycles. The maximum absolute atomic E-state index is 12.2. The van der Waals surface area contributed by atoms with E-state index in [0.29, 0.717) is 0 Å². The topological polar surface area (TPSA) is 20.3 Å². The van der Waals surface area contributed by atoms with Crippen molar-refractivity contribution in [1.29, 1.82) is 0 Å². The number of rotatable bonds is 0. The lowest BCUT2D eigenvalue weighted by Crippen LogP contribution is -2.47. The second-order valence-electron chi connectivity index (χ2n) is 5.00. The van der Waals surface area contributed by atoms with E-state index < -0.39 is 12.1 Å². The van der Waals surface area contributed by atoms with Crippen LogP contribution in [0.15, 0.2) is 0 Å². The van der Waals surface area contributed by atoms with Crippen molar-refractivity contribution in [2.75, 3.05) is 13.1 Å². The minimum atomic E-state index is -4.71. The van der Waals surface area contributed by atoms with Crippen LogP contribution in [0.1, 0.15) is 38.5 Å². The van der Waals surface area contributed by atoms with Gasteiger partial charge in [0.25, 0.3) is 0 Å². The van der Waals surface area contributed by atoms with Crippen molar-refractivity contribution >= 4 is 5.91 Å². The molecule has 2 nitrogen and oxygen atoms in total. The Balaban J connectivity index is 1.92. The summed E-state index contributed by atoms with van der Waals surface area (Å²) in [5.74, 6) is -1.67.